The van der Waals surface area contributed by atoms with Crippen LogP contribution in [0.3, 0.4) is 0 Å². The largest absolute Gasteiger partial charge is 0.335 e. The Balaban J connectivity index is 2.25. The summed E-state index contributed by atoms with van der Waals surface area (Å²) in [5.41, 5.74) is 1.18. The maximum atomic E-state index is 13.2. The van der Waals surface area contributed by atoms with Gasteiger partial charge in [-0.1, -0.05) is 29.8 Å². The summed E-state index contributed by atoms with van der Waals surface area (Å²) in [6.45, 7) is 2.73. The lowest BCUT2D eigenvalue weighted by Crippen LogP contribution is -2.30. The van der Waals surface area contributed by atoms with Crippen molar-refractivity contribution in [1.82, 2.24) is 4.90 Å². The third-order valence-electron chi connectivity index (χ3n) is 3.11. The lowest BCUT2D eigenvalue weighted by molar-refractivity contribution is 0.0752. The molecular formula is C16H14BrClFNO. The average molecular weight is 371 g/mol. The molecule has 0 aromatic heterocycles. The number of rotatable bonds is 4. The van der Waals surface area contributed by atoms with Gasteiger partial charge in [0.15, 0.2) is 0 Å². The number of nitrogens with zero attached hydrogens (tertiary/aromatic N) is 1. The fourth-order valence-corrected chi connectivity index (χ4v) is 2.60. The number of benzene rings is 2. The third kappa shape index (κ3) is 3.83. The van der Waals surface area contributed by atoms with Crippen LogP contribution < -0.4 is 0 Å². The van der Waals surface area contributed by atoms with E-state index in [9.17, 15) is 9.18 Å². The second-order valence-electron chi connectivity index (χ2n) is 4.55. The van der Waals surface area contributed by atoms with E-state index < -0.39 is 0 Å². The molecule has 0 aliphatic rings. The molecule has 0 unspecified atom stereocenters. The van der Waals surface area contributed by atoms with E-state index in [4.69, 9.17) is 11.6 Å². The van der Waals surface area contributed by atoms with Crippen LogP contribution in [0.15, 0.2) is 46.9 Å². The van der Waals surface area contributed by atoms with E-state index in [2.05, 4.69) is 15.9 Å². The molecule has 110 valence electrons. The minimum atomic E-state index is -0.309. The Morgan fingerprint density at radius 1 is 1.29 bits per heavy atom. The molecule has 2 rings (SSSR count). The normalized spacial score (nSPS) is 10.5. The van der Waals surface area contributed by atoms with Crippen LogP contribution >= 0.6 is 27.5 Å². The van der Waals surface area contributed by atoms with Crippen LogP contribution in [0.5, 0.6) is 0 Å². The third-order valence-corrected chi connectivity index (χ3v) is 4.41. The first-order chi connectivity index (χ1) is 10.0. The molecule has 0 spiro atoms. The van der Waals surface area contributed by atoms with Crippen LogP contribution in [0.2, 0.25) is 5.02 Å². The molecule has 0 bridgehead atoms. The Hall–Kier alpha value is -1.39. The highest BCUT2D eigenvalue weighted by Gasteiger charge is 2.18. The molecule has 0 fully saturated rings. The molecule has 0 N–H and O–H groups in total. The molecule has 0 saturated heterocycles. The van der Waals surface area contributed by atoms with Gasteiger partial charge in [-0.05, 0) is 52.7 Å². The van der Waals surface area contributed by atoms with Crippen molar-refractivity contribution in [3.8, 4) is 0 Å². The van der Waals surface area contributed by atoms with Crippen molar-refractivity contribution in [2.24, 2.45) is 0 Å². The Kier molecular flexibility index (Phi) is 5.37. The number of hydrogen-bond donors (Lipinski definition) is 0. The van der Waals surface area contributed by atoms with Gasteiger partial charge < -0.3 is 4.90 Å². The van der Waals surface area contributed by atoms with Crippen LogP contribution in [0, 0.1) is 5.82 Å². The van der Waals surface area contributed by atoms with Crippen LogP contribution in [0.25, 0.3) is 0 Å². The smallest absolute Gasteiger partial charge is 0.255 e. The molecule has 0 heterocycles. The maximum Gasteiger partial charge on any atom is 0.255 e. The number of hydrogen-bond acceptors (Lipinski definition) is 1. The SMILES string of the molecule is CCN(Cc1cccc(F)c1)C(=O)c1cccc(Br)c1Cl. The zero-order chi connectivity index (χ0) is 15.4. The average Bonchev–Trinajstić information content (AvgIpc) is 2.47. The second kappa shape index (κ2) is 7.05. The molecule has 2 aromatic carbocycles. The standard InChI is InChI=1S/C16H14BrClFNO/c1-2-20(10-11-5-3-6-12(19)9-11)16(21)13-7-4-8-14(17)15(13)18/h3-9H,2,10H2,1H3. The van der Waals surface area contributed by atoms with Crippen LogP contribution in [0.1, 0.15) is 22.8 Å². The Labute approximate surface area is 136 Å². The molecule has 0 aliphatic heterocycles. The summed E-state index contributed by atoms with van der Waals surface area (Å²) in [7, 11) is 0. The molecule has 0 atom stereocenters. The van der Waals surface area contributed by atoms with E-state index >= 15 is 0 Å². The van der Waals surface area contributed by atoms with Crippen molar-refractivity contribution in [3.63, 3.8) is 0 Å². The summed E-state index contributed by atoms with van der Waals surface area (Å²) in [4.78, 5) is 14.2. The monoisotopic (exact) mass is 369 g/mol. The van der Waals surface area contributed by atoms with Gasteiger partial charge in [0.25, 0.3) is 5.91 Å². The Morgan fingerprint density at radius 3 is 2.67 bits per heavy atom. The van der Waals surface area contributed by atoms with Crippen molar-refractivity contribution in [3.05, 3.63) is 68.9 Å². The first-order valence-corrected chi connectivity index (χ1v) is 7.67. The minimum absolute atomic E-state index is 0.173. The van der Waals surface area contributed by atoms with Gasteiger partial charge in [-0.25, -0.2) is 4.39 Å². The number of amides is 1. The van der Waals surface area contributed by atoms with E-state index in [1.165, 1.54) is 12.1 Å². The molecule has 0 aliphatic carbocycles. The zero-order valence-electron chi connectivity index (χ0n) is 11.4. The highest BCUT2D eigenvalue weighted by molar-refractivity contribution is 9.10. The number of carbonyl (C=O) groups is 1. The molecule has 0 saturated carbocycles. The first kappa shape index (κ1) is 16.0. The fraction of sp³-hybridized carbons (Fsp3) is 0.188. The Bertz CT molecular complexity index is 662. The summed E-state index contributed by atoms with van der Waals surface area (Å²) in [5, 5.41) is 0.389. The first-order valence-electron chi connectivity index (χ1n) is 6.50. The van der Waals surface area contributed by atoms with Crippen LogP contribution in [-0.4, -0.2) is 17.4 Å². The van der Waals surface area contributed by atoms with Crippen molar-refractivity contribution in [2.75, 3.05) is 6.54 Å². The van der Waals surface area contributed by atoms with Gasteiger partial charge >= 0.3 is 0 Å². The van der Waals surface area contributed by atoms with Gasteiger partial charge in [0.1, 0.15) is 5.82 Å². The van der Waals surface area contributed by atoms with E-state index in [1.54, 1.807) is 35.2 Å². The van der Waals surface area contributed by atoms with Crippen LogP contribution in [0.4, 0.5) is 4.39 Å². The molecule has 5 heteroatoms. The predicted molar refractivity (Wildman–Crippen MR) is 86.0 cm³/mol. The van der Waals surface area contributed by atoms with Crippen molar-refractivity contribution in [2.45, 2.75) is 13.5 Å². The van der Waals surface area contributed by atoms with Gasteiger partial charge in [-0.3, -0.25) is 4.79 Å². The van der Waals surface area contributed by atoms with Crippen molar-refractivity contribution in [1.29, 1.82) is 0 Å². The molecular weight excluding hydrogens is 357 g/mol. The van der Waals surface area contributed by atoms with Crippen molar-refractivity contribution >= 4 is 33.4 Å². The van der Waals surface area contributed by atoms with Gasteiger partial charge in [0, 0.05) is 17.6 Å². The van der Waals surface area contributed by atoms with E-state index in [0.29, 0.717) is 28.1 Å². The summed E-state index contributed by atoms with van der Waals surface area (Å²) in [6, 6.07) is 11.5. The summed E-state index contributed by atoms with van der Waals surface area (Å²) >= 11 is 9.47. The maximum absolute atomic E-state index is 13.2. The zero-order valence-corrected chi connectivity index (χ0v) is 13.8. The number of carbonyl (C=O) groups excluding carboxylic acids is 1. The summed E-state index contributed by atoms with van der Waals surface area (Å²) in [5.74, 6) is -0.482. The Morgan fingerprint density at radius 2 is 2.00 bits per heavy atom. The van der Waals surface area contributed by atoms with Gasteiger partial charge in [-0.15, -0.1) is 0 Å². The minimum Gasteiger partial charge on any atom is -0.335 e. The van der Waals surface area contributed by atoms with Gasteiger partial charge in [0.2, 0.25) is 0 Å². The second-order valence-corrected chi connectivity index (χ2v) is 5.78. The predicted octanol–water partition coefficient (Wildman–Crippen LogP) is 4.90. The van der Waals surface area contributed by atoms with E-state index in [-0.39, 0.29) is 11.7 Å². The molecule has 2 nitrogen and oxygen atoms in total. The van der Waals surface area contributed by atoms with E-state index in [1.807, 2.05) is 6.92 Å². The fourth-order valence-electron chi connectivity index (χ4n) is 2.02. The molecule has 1 amide bonds. The lowest BCUT2D eigenvalue weighted by atomic mass is 10.1. The molecule has 21 heavy (non-hydrogen) atoms. The topological polar surface area (TPSA) is 20.3 Å². The van der Waals surface area contributed by atoms with Crippen molar-refractivity contribution < 1.29 is 9.18 Å². The van der Waals surface area contributed by atoms with Crippen LogP contribution in [-0.2, 0) is 6.54 Å². The highest BCUT2D eigenvalue weighted by Crippen LogP contribution is 2.27. The lowest BCUT2D eigenvalue weighted by Gasteiger charge is -2.22. The van der Waals surface area contributed by atoms with E-state index in [0.717, 1.165) is 5.56 Å². The van der Waals surface area contributed by atoms with Gasteiger partial charge in [0.05, 0.1) is 10.6 Å². The molecule has 0 radical (unpaired) electrons. The molecule has 2 aromatic rings. The summed E-state index contributed by atoms with van der Waals surface area (Å²) < 4.78 is 13.9. The number of halogens is 3. The van der Waals surface area contributed by atoms with Gasteiger partial charge in [-0.2, -0.15) is 0 Å². The summed E-state index contributed by atoms with van der Waals surface area (Å²) in [6.07, 6.45) is 0. The highest BCUT2D eigenvalue weighted by atomic mass is 79.9. The quantitative estimate of drug-likeness (QED) is 0.749.